The van der Waals surface area contributed by atoms with Crippen molar-refractivity contribution in [1.29, 1.82) is 0 Å². The van der Waals surface area contributed by atoms with Crippen LogP contribution in [0.2, 0.25) is 0 Å². The average Bonchev–Trinajstić information content (AvgIpc) is 2.48. The quantitative estimate of drug-likeness (QED) is 0.776. The highest BCUT2D eigenvalue weighted by atomic mass is 15.5. The molecule has 0 aliphatic heterocycles. The van der Waals surface area contributed by atoms with Crippen molar-refractivity contribution in [1.82, 2.24) is 25.5 Å². The zero-order valence-corrected chi connectivity index (χ0v) is 9.41. The van der Waals surface area contributed by atoms with E-state index in [2.05, 4.69) is 41.6 Å². The lowest BCUT2D eigenvalue weighted by Crippen LogP contribution is -2.16. The number of hydrogen-bond acceptors (Lipinski definition) is 4. The van der Waals surface area contributed by atoms with E-state index in [1.54, 1.807) is 0 Å². The van der Waals surface area contributed by atoms with Crippen LogP contribution in [0.5, 0.6) is 0 Å². The molecule has 0 bridgehead atoms. The van der Waals surface area contributed by atoms with E-state index < -0.39 is 0 Å². The topological polar surface area (TPSA) is 55.6 Å². The van der Waals surface area contributed by atoms with E-state index in [-0.39, 0.29) is 0 Å². The SMILES string of the molecule is CNCc1nnnn1CCC(C)(C)C. The molecule has 0 amide bonds. The van der Waals surface area contributed by atoms with Crippen LogP contribution >= 0.6 is 0 Å². The molecule has 14 heavy (non-hydrogen) atoms. The Morgan fingerprint density at radius 2 is 2.07 bits per heavy atom. The molecule has 0 fully saturated rings. The summed E-state index contributed by atoms with van der Waals surface area (Å²) in [4.78, 5) is 0. The third kappa shape index (κ3) is 3.41. The normalized spacial score (nSPS) is 12.0. The highest BCUT2D eigenvalue weighted by Crippen LogP contribution is 2.19. The van der Waals surface area contributed by atoms with Gasteiger partial charge in [-0.05, 0) is 29.3 Å². The number of aryl methyl sites for hydroxylation is 1. The minimum absolute atomic E-state index is 0.322. The van der Waals surface area contributed by atoms with E-state index in [0.29, 0.717) is 5.41 Å². The molecule has 0 saturated carbocycles. The van der Waals surface area contributed by atoms with Crippen LogP contribution in [0.15, 0.2) is 0 Å². The smallest absolute Gasteiger partial charge is 0.165 e. The summed E-state index contributed by atoms with van der Waals surface area (Å²) in [5.74, 6) is 0.900. The maximum Gasteiger partial charge on any atom is 0.165 e. The van der Waals surface area contributed by atoms with Crippen LogP contribution in [0.25, 0.3) is 0 Å². The number of rotatable bonds is 4. The fraction of sp³-hybridized carbons (Fsp3) is 0.889. The van der Waals surface area contributed by atoms with Crippen molar-refractivity contribution >= 4 is 0 Å². The van der Waals surface area contributed by atoms with Crippen LogP contribution in [0.1, 0.15) is 33.0 Å². The number of hydrogen-bond donors (Lipinski definition) is 1. The lowest BCUT2D eigenvalue weighted by molar-refractivity contribution is 0.335. The predicted octanol–water partition coefficient (Wildman–Crippen LogP) is 0.829. The molecule has 0 saturated heterocycles. The number of nitrogens with zero attached hydrogens (tertiary/aromatic N) is 4. The lowest BCUT2D eigenvalue weighted by Gasteiger charge is -2.17. The van der Waals surface area contributed by atoms with Crippen LogP contribution < -0.4 is 5.32 Å². The van der Waals surface area contributed by atoms with Crippen LogP contribution in [-0.4, -0.2) is 27.3 Å². The Bertz CT molecular complexity index is 273. The Hall–Kier alpha value is -0.970. The molecule has 5 nitrogen and oxygen atoms in total. The maximum atomic E-state index is 3.95. The van der Waals surface area contributed by atoms with Crippen LogP contribution in [0.3, 0.4) is 0 Å². The van der Waals surface area contributed by atoms with E-state index in [1.807, 2.05) is 11.7 Å². The molecule has 1 N–H and O–H groups in total. The highest BCUT2D eigenvalue weighted by molar-refractivity contribution is 4.79. The molecule has 80 valence electrons. The van der Waals surface area contributed by atoms with Gasteiger partial charge in [0.2, 0.25) is 0 Å². The summed E-state index contributed by atoms with van der Waals surface area (Å²) in [6, 6.07) is 0. The largest absolute Gasteiger partial charge is 0.313 e. The lowest BCUT2D eigenvalue weighted by atomic mass is 9.92. The Labute approximate surface area is 84.9 Å². The van der Waals surface area contributed by atoms with Crippen molar-refractivity contribution in [3.63, 3.8) is 0 Å². The molecular formula is C9H19N5. The summed E-state index contributed by atoms with van der Waals surface area (Å²) in [5.41, 5.74) is 0.322. The van der Waals surface area contributed by atoms with Gasteiger partial charge >= 0.3 is 0 Å². The van der Waals surface area contributed by atoms with Gasteiger partial charge in [-0.1, -0.05) is 20.8 Å². The summed E-state index contributed by atoms with van der Waals surface area (Å²) in [6.45, 7) is 8.25. The van der Waals surface area contributed by atoms with Gasteiger partial charge in [-0.25, -0.2) is 4.68 Å². The zero-order valence-electron chi connectivity index (χ0n) is 9.41. The zero-order chi connectivity index (χ0) is 10.6. The minimum Gasteiger partial charge on any atom is -0.313 e. The monoisotopic (exact) mass is 197 g/mol. The highest BCUT2D eigenvalue weighted by Gasteiger charge is 2.12. The summed E-state index contributed by atoms with van der Waals surface area (Å²) in [5, 5.41) is 14.6. The molecule has 0 aliphatic rings. The van der Waals surface area contributed by atoms with Gasteiger partial charge in [0.1, 0.15) is 0 Å². The van der Waals surface area contributed by atoms with Gasteiger partial charge in [0.05, 0.1) is 6.54 Å². The number of tetrazole rings is 1. The molecule has 0 aliphatic carbocycles. The van der Waals surface area contributed by atoms with Gasteiger partial charge in [-0.3, -0.25) is 0 Å². The minimum atomic E-state index is 0.322. The van der Waals surface area contributed by atoms with Crippen molar-refractivity contribution in [2.75, 3.05) is 7.05 Å². The first kappa shape index (κ1) is 11.1. The molecule has 1 heterocycles. The Balaban J connectivity index is 2.53. The van der Waals surface area contributed by atoms with Gasteiger partial charge in [0.15, 0.2) is 5.82 Å². The van der Waals surface area contributed by atoms with Gasteiger partial charge in [-0.15, -0.1) is 5.10 Å². The fourth-order valence-corrected chi connectivity index (χ4v) is 1.12. The molecule has 0 radical (unpaired) electrons. The third-order valence-electron chi connectivity index (χ3n) is 2.01. The standard InChI is InChI=1S/C9H19N5/c1-9(2,3)5-6-14-8(7-10-4)11-12-13-14/h10H,5-7H2,1-4H3. The Morgan fingerprint density at radius 1 is 1.36 bits per heavy atom. The molecule has 1 aromatic rings. The van der Waals surface area contributed by atoms with E-state index in [0.717, 1.165) is 25.3 Å². The third-order valence-corrected chi connectivity index (χ3v) is 2.01. The van der Waals surface area contributed by atoms with E-state index in [9.17, 15) is 0 Å². The van der Waals surface area contributed by atoms with Gasteiger partial charge in [-0.2, -0.15) is 0 Å². The Kier molecular flexibility index (Phi) is 3.57. The van der Waals surface area contributed by atoms with Crippen molar-refractivity contribution < 1.29 is 0 Å². The van der Waals surface area contributed by atoms with Gasteiger partial charge in [0.25, 0.3) is 0 Å². The molecule has 1 rings (SSSR count). The van der Waals surface area contributed by atoms with Crippen molar-refractivity contribution in [2.24, 2.45) is 5.41 Å². The molecule has 0 unspecified atom stereocenters. The molecule has 0 atom stereocenters. The Morgan fingerprint density at radius 3 is 2.64 bits per heavy atom. The summed E-state index contributed by atoms with van der Waals surface area (Å²) in [6.07, 6.45) is 1.08. The molecule has 5 heteroatoms. The first-order chi connectivity index (χ1) is 6.53. The molecular weight excluding hydrogens is 178 g/mol. The van der Waals surface area contributed by atoms with Gasteiger partial charge < -0.3 is 5.32 Å². The summed E-state index contributed by atoms with van der Waals surface area (Å²) < 4.78 is 1.86. The van der Waals surface area contributed by atoms with Gasteiger partial charge in [0, 0.05) is 6.54 Å². The van der Waals surface area contributed by atoms with E-state index in [4.69, 9.17) is 0 Å². The second-order valence-electron chi connectivity index (χ2n) is 4.66. The van der Waals surface area contributed by atoms with E-state index >= 15 is 0 Å². The second-order valence-corrected chi connectivity index (χ2v) is 4.66. The van der Waals surface area contributed by atoms with Crippen LogP contribution in [0.4, 0.5) is 0 Å². The molecule has 0 aromatic carbocycles. The molecule has 1 aromatic heterocycles. The second kappa shape index (κ2) is 4.50. The van der Waals surface area contributed by atoms with E-state index in [1.165, 1.54) is 0 Å². The first-order valence-electron chi connectivity index (χ1n) is 4.92. The van der Waals surface area contributed by atoms with Crippen LogP contribution in [-0.2, 0) is 13.1 Å². The number of nitrogens with one attached hydrogen (secondary N) is 1. The average molecular weight is 197 g/mol. The van der Waals surface area contributed by atoms with Crippen LogP contribution in [0, 0.1) is 5.41 Å². The fourth-order valence-electron chi connectivity index (χ4n) is 1.12. The first-order valence-corrected chi connectivity index (χ1v) is 4.92. The van der Waals surface area contributed by atoms with Crippen molar-refractivity contribution in [3.05, 3.63) is 5.82 Å². The summed E-state index contributed by atoms with van der Waals surface area (Å²) in [7, 11) is 1.89. The summed E-state index contributed by atoms with van der Waals surface area (Å²) >= 11 is 0. The maximum absolute atomic E-state index is 3.95. The van der Waals surface area contributed by atoms with Crippen molar-refractivity contribution in [3.8, 4) is 0 Å². The predicted molar refractivity (Wildman–Crippen MR) is 54.7 cm³/mol. The van der Waals surface area contributed by atoms with Crippen molar-refractivity contribution in [2.45, 2.75) is 40.3 Å². The number of aromatic nitrogens is 4. The molecule has 0 spiro atoms.